The number of nitroso groups, excluding NO2 is 1. The highest BCUT2D eigenvalue weighted by Gasteiger charge is 2.41. The first-order valence-corrected chi connectivity index (χ1v) is 8.73. The Bertz CT molecular complexity index is 345. The maximum absolute atomic E-state index is 11.6. The molecule has 0 aromatic carbocycles. The van der Waals surface area contributed by atoms with Crippen LogP contribution in [0.15, 0.2) is 5.29 Å². The van der Waals surface area contributed by atoms with Crippen LogP contribution in [0.5, 0.6) is 0 Å². The van der Waals surface area contributed by atoms with E-state index in [9.17, 15) is 4.91 Å². The summed E-state index contributed by atoms with van der Waals surface area (Å²) in [6, 6.07) is 0.680. The second-order valence-electron chi connectivity index (χ2n) is 9.60. The van der Waals surface area contributed by atoms with E-state index < -0.39 is 0 Å². The first kappa shape index (κ1) is 16.8. The van der Waals surface area contributed by atoms with Gasteiger partial charge >= 0.3 is 0 Å². The number of rotatable bonds is 3. The van der Waals surface area contributed by atoms with Crippen LogP contribution >= 0.6 is 0 Å². The van der Waals surface area contributed by atoms with Gasteiger partial charge in [-0.1, -0.05) is 41.5 Å². The molecule has 3 nitrogen and oxygen atoms in total. The van der Waals surface area contributed by atoms with Crippen molar-refractivity contribution in [2.24, 2.45) is 28.0 Å². The van der Waals surface area contributed by atoms with Gasteiger partial charge in [0.2, 0.25) is 0 Å². The minimum atomic E-state index is 0.334. The van der Waals surface area contributed by atoms with Crippen LogP contribution < -0.4 is 0 Å². The molecule has 0 N–H and O–H groups in total. The molecule has 0 aromatic heterocycles. The van der Waals surface area contributed by atoms with Crippen molar-refractivity contribution in [1.82, 2.24) is 5.01 Å². The summed E-state index contributed by atoms with van der Waals surface area (Å²) in [5.41, 5.74) is 0.669. The van der Waals surface area contributed by atoms with E-state index in [2.05, 4.69) is 46.8 Å². The monoisotopic (exact) mass is 294 g/mol. The molecule has 0 saturated heterocycles. The van der Waals surface area contributed by atoms with Crippen molar-refractivity contribution >= 4 is 0 Å². The first-order valence-electron chi connectivity index (χ1n) is 8.73. The summed E-state index contributed by atoms with van der Waals surface area (Å²) in [4.78, 5) is 11.6. The van der Waals surface area contributed by atoms with Crippen LogP contribution in [-0.2, 0) is 0 Å². The number of nitrogens with zero attached hydrogens (tertiary/aromatic N) is 2. The fraction of sp³-hybridized carbons (Fsp3) is 1.00. The van der Waals surface area contributed by atoms with Crippen LogP contribution in [0, 0.1) is 27.6 Å². The van der Waals surface area contributed by atoms with E-state index in [0.717, 1.165) is 25.7 Å². The lowest BCUT2D eigenvalue weighted by atomic mass is 9.68. The van der Waals surface area contributed by atoms with E-state index in [1.807, 2.05) is 5.01 Å². The molecule has 0 heterocycles. The molecule has 0 unspecified atom stereocenters. The average molecular weight is 294 g/mol. The Hall–Kier alpha value is -0.600. The van der Waals surface area contributed by atoms with Gasteiger partial charge in [-0.05, 0) is 61.2 Å². The van der Waals surface area contributed by atoms with Gasteiger partial charge in [0.05, 0.1) is 17.4 Å². The largest absolute Gasteiger partial charge is 0.255 e. The third kappa shape index (κ3) is 4.20. The fourth-order valence-corrected chi connectivity index (χ4v) is 5.43. The van der Waals surface area contributed by atoms with Crippen LogP contribution in [0.1, 0.15) is 80.1 Å². The minimum absolute atomic E-state index is 0.334. The van der Waals surface area contributed by atoms with E-state index >= 15 is 0 Å². The third-order valence-corrected chi connectivity index (χ3v) is 5.57. The molecule has 4 atom stereocenters. The highest BCUT2D eigenvalue weighted by Crippen LogP contribution is 2.45. The molecule has 3 heteroatoms. The second kappa shape index (κ2) is 5.89. The Labute approximate surface area is 130 Å². The molecule has 0 radical (unpaired) electrons. The lowest BCUT2D eigenvalue weighted by Crippen LogP contribution is -2.48. The van der Waals surface area contributed by atoms with E-state index in [4.69, 9.17) is 0 Å². The van der Waals surface area contributed by atoms with Crippen LogP contribution in [0.25, 0.3) is 0 Å². The predicted octanol–water partition coefficient (Wildman–Crippen LogP) is 5.40. The Kier molecular flexibility index (Phi) is 4.70. The summed E-state index contributed by atoms with van der Waals surface area (Å²) in [6.07, 6.45) is 7.00. The van der Waals surface area contributed by atoms with Crippen LogP contribution in [0.2, 0.25) is 0 Å². The molecular formula is C18H34N2O. The fourth-order valence-electron chi connectivity index (χ4n) is 5.43. The van der Waals surface area contributed by atoms with Gasteiger partial charge in [-0.15, -0.1) is 4.91 Å². The lowest BCUT2D eigenvalue weighted by molar-refractivity contribution is -0.00323. The van der Waals surface area contributed by atoms with Crippen molar-refractivity contribution < 1.29 is 0 Å². The minimum Gasteiger partial charge on any atom is -0.255 e. The summed E-state index contributed by atoms with van der Waals surface area (Å²) in [5, 5.41) is 5.49. The van der Waals surface area contributed by atoms with Crippen molar-refractivity contribution in [3.63, 3.8) is 0 Å². The zero-order valence-electron chi connectivity index (χ0n) is 14.9. The van der Waals surface area contributed by atoms with Gasteiger partial charge in [0.1, 0.15) is 0 Å². The molecule has 0 spiro atoms. The summed E-state index contributed by atoms with van der Waals surface area (Å²) in [5.74, 6) is 1.38. The van der Waals surface area contributed by atoms with E-state index in [0.29, 0.717) is 34.7 Å². The molecule has 2 saturated carbocycles. The van der Waals surface area contributed by atoms with Gasteiger partial charge in [0, 0.05) is 0 Å². The maximum atomic E-state index is 11.6. The van der Waals surface area contributed by atoms with Gasteiger partial charge in [0.25, 0.3) is 0 Å². The summed E-state index contributed by atoms with van der Waals surface area (Å²) >= 11 is 0. The highest BCUT2D eigenvalue weighted by molar-refractivity contribution is 4.93. The molecule has 2 aliphatic rings. The summed E-state index contributed by atoms with van der Waals surface area (Å²) in [6.45, 7) is 14.0. The molecule has 2 rings (SSSR count). The van der Waals surface area contributed by atoms with Crippen LogP contribution in [0.4, 0.5) is 0 Å². The molecule has 0 aliphatic heterocycles. The Balaban J connectivity index is 2.13. The van der Waals surface area contributed by atoms with Gasteiger partial charge in [-0.2, -0.15) is 0 Å². The molecular weight excluding hydrogens is 260 g/mol. The summed E-state index contributed by atoms with van der Waals surface area (Å²) in [7, 11) is 0. The summed E-state index contributed by atoms with van der Waals surface area (Å²) < 4.78 is 0. The molecule has 2 fully saturated rings. The third-order valence-electron chi connectivity index (χ3n) is 5.57. The van der Waals surface area contributed by atoms with Crippen LogP contribution in [-0.4, -0.2) is 17.1 Å². The molecule has 0 amide bonds. The van der Waals surface area contributed by atoms with Crippen molar-refractivity contribution in [1.29, 1.82) is 0 Å². The normalized spacial score (nSPS) is 38.8. The lowest BCUT2D eigenvalue weighted by Gasteiger charge is -2.48. The SMILES string of the molecule is C[C@H]1C[C@@H](N(N=O)[C@H]2C[C@H](C)CC(C)(C)C2)CC(C)(C)C1. The van der Waals surface area contributed by atoms with Gasteiger partial charge in [0.15, 0.2) is 0 Å². The highest BCUT2D eigenvalue weighted by atomic mass is 16.3. The van der Waals surface area contributed by atoms with E-state index in [1.54, 1.807) is 0 Å². The van der Waals surface area contributed by atoms with Crippen molar-refractivity contribution in [2.45, 2.75) is 92.2 Å². The number of hydrogen-bond acceptors (Lipinski definition) is 2. The Morgan fingerprint density at radius 1 is 0.810 bits per heavy atom. The molecule has 2 aliphatic carbocycles. The Morgan fingerprint density at radius 2 is 1.19 bits per heavy atom. The molecule has 0 aromatic rings. The van der Waals surface area contributed by atoms with Gasteiger partial charge in [-0.3, -0.25) is 5.01 Å². The maximum Gasteiger partial charge on any atom is 0.0529 e. The smallest absolute Gasteiger partial charge is 0.0529 e. The Morgan fingerprint density at radius 3 is 1.48 bits per heavy atom. The quantitative estimate of drug-likeness (QED) is 0.515. The molecule has 0 bridgehead atoms. The zero-order chi connectivity index (χ0) is 15.8. The standard InChI is InChI=1S/C18H34N2O/c1-13-7-15(11-17(3,4)9-13)20(19-21)16-8-14(2)10-18(5,6)12-16/h13-16H,7-12H2,1-6H3/t13-,14-,15-,16+/m0/s1. The van der Waals surface area contributed by atoms with E-state index in [-0.39, 0.29) is 0 Å². The predicted molar refractivity (Wildman–Crippen MR) is 88.8 cm³/mol. The molecule has 122 valence electrons. The zero-order valence-corrected chi connectivity index (χ0v) is 14.9. The second-order valence-corrected chi connectivity index (χ2v) is 9.60. The average Bonchev–Trinajstić information content (AvgIpc) is 2.23. The first-order chi connectivity index (χ1) is 9.62. The number of hydrogen-bond donors (Lipinski definition) is 0. The van der Waals surface area contributed by atoms with Gasteiger partial charge < -0.3 is 0 Å². The van der Waals surface area contributed by atoms with E-state index in [1.165, 1.54) is 12.8 Å². The molecule has 21 heavy (non-hydrogen) atoms. The topological polar surface area (TPSA) is 32.7 Å². The van der Waals surface area contributed by atoms with Crippen molar-refractivity contribution in [3.05, 3.63) is 4.91 Å². The van der Waals surface area contributed by atoms with Crippen LogP contribution in [0.3, 0.4) is 0 Å². The van der Waals surface area contributed by atoms with Gasteiger partial charge in [-0.25, -0.2) is 0 Å². The van der Waals surface area contributed by atoms with Crippen molar-refractivity contribution in [3.8, 4) is 0 Å². The van der Waals surface area contributed by atoms with Crippen molar-refractivity contribution in [2.75, 3.05) is 0 Å².